The smallest absolute Gasteiger partial charge is 0.304 e. The topological polar surface area (TPSA) is 347 Å². The third kappa shape index (κ3) is 16.1. The molecule has 0 saturated carbocycles. The Balaban J connectivity index is 0.000000291. The zero-order chi connectivity index (χ0) is 50.8. The zero-order valence-electron chi connectivity index (χ0n) is 36.9. The number of terminal acetylenes is 1. The van der Waals surface area contributed by atoms with Crippen molar-refractivity contribution in [1.82, 2.24) is 30.8 Å². The molecule has 0 aliphatic rings. The van der Waals surface area contributed by atoms with Gasteiger partial charge in [0, 0.05) is 74.2 Å². The molecule has 68 heavy (non-hydrogen) atoms. The van der Waals surface area contributed by atoms with Crippen LogP contribution in [0.4, 0.5) is 54.3 Å². The molecule has 2 heterocycles. The van der Waals surface area contributed by atoms with Crippen molar-refractivity contribution in [3.05, 3.63) is 162 Å². The number of nitro groups is 3. The van der Waals surface area contributed by atoms with Crippen molar-refractivity contribution in [2.75, 3.05) is 62.2 Å². The summed E-state index contributed by atoms with van der Waals surface area (Å²) in [5.41, 5.74) is 16.9. The molecule has 0 radical (unpaired) electrons. The van der Waals surface area contributed by atoms with Crippen LogP contribution in [-0.2, 0) is 0 Å². The van der Waals surface area contributed by atoms with Crippen LogP contribution >= 0.6 is 0 Å². The Hall–Kier alpha value is -9.70. The second-order valence-corrected chi connectivity index (χ2v) is 12.6. The minimum Gasteiger partial charge on any atom is -0.397 e. The lowest BCUT2D eigenvalue weighted by Crippen LogP contribution is -1.96. The summed E-state index contributed by atoms with van der Waals surface area (Å²) in [5.74, 6) is 1.06. The summed E-state index contributed by atoms with van der Waals surface area (Å²) < 4.78 is 25.4. The van der Waals surface area contributed by atoms with Crippen LogP contribution in [-0.4, -0.2) is 93.4 Å². The number of nitrogens with zero attached hydrogens (tertiary/aromatic N) is 7. The fourth-order valence-electron chi connectivity index (χ4n) is 5.21. The van der Waals surface area contributed by atoms with Gasteiger partial charge in [-0.15, -0.1) is 6.42 Å². The highest BCUT2D eigenvalue weighted by Gasteiger charge is 2.15. The van der Waals surface area contributed by atoms with Crippen molar-refractivity contribution in [3.8, 4) is 34.9 Å². The molecule has 354 valence electrons. The first-order valence-corrected chi connectivity index (χ1v) is 19.2. The molecule has 5 aromatic carbocycles. The number of carbonyl (C=O) groups excluding carboxylic acids is 2. The Morgan fingerprint density at radius 2 is 1.03 bits per heavy atom. The number of nitrogens with one attached hydrogen (secondary N) is 6. The second-order valence-electron chi connectivity index (χ2n) is 12.6. The van der Waals surface area contributed by atoms with Gasteiger partial charge in [-0.2, -0.15) is 35.2 Å². The molecule has 0 amide bonds. The molecule has 7 rings (SSSR count). The minimum atomic E-state index is -0.996. The minimum absolute atomic E-state index is 0.0292. The van der Waals surface area contributed by atoms with Gasteiger partial charge in [0.25, 0.3) is 11.4 Å². The first kappa shape index (κ1) is 54.4. The van der Waals surface area contributed by atoms with E-state index in [0.717, 1.165) is 40.3 Å². The van der Waals surface area contributed by atoms with Gasteiger partial charge in [-0.3, -0.25) is 39.9 Å². The molecule has 0 saturated heterocycles. The number of hydrogen-bond donors (Lipinski definition) is 8. The van der Waals surface area contributed by atoms with Gasteiger partial charge < -0.3 is 32.7 Å². The zero-order valence-corrected chi connectivity index (χ0v) is 36.9. The maximum atomic E-state index is 12.7. The van der Waals surface area contributed by atoms with Gasteiger partial charge in [0.05, 0.1) is 44.2 Å². The van der Waals surface area contributed by atoms with E-state index < -0.39 is 26.3 Å². The molecule has 0 aliphatic carbocycles. The van der Waals surface area contributed by atoms with Crippen LogP contribution in [0.2, 0.25) is 0 Å². The first-order valence-electron chi connectivity index (χ1n) is 19.2. The third-order valence-electron chi connectivity index (χ3n) is 8.54. The molecule has 0 atom stereocenters. The number of halogens is 2. The van der Waals surface area contributed by atoms with Crippen molar-refractivity contribution in [3.63, 3.8) is 0 Å². The van der Waals surface area contributed by atoms with Gasteiger partial charge >= 0.3 is 5.69 Å². The molecular formula is C43H45F2N15O8. The van der Waals surface area contributed by atoms with E-state index in [4.69, 9.17) is 12.2 Å². The number of nitro benzene ring substituents is 3. The standard InChI is InChI=1S/C9H9N5O2.C9H11N5.C9H8N2O2.C8H8FNO.C7H4FNO3.CH5N/c1-10-7-4-6(8-5-11-13-12-8)2-3-9(7)14(15)16;1-11-8-4-6(2-3-7(8)10)9-5-12-14-13-9;1-3-7-4-5-9(11(12)13)8(6-7)10-2;1-10-8-4-6(5-11)2-3-7(8)9;8-6-3-5(4-10)1-2-7(6)9(11)12;1-2/h2-5,10H,1H3,(H,11,12,13);2-5,11H,10H2,1H3,(H,12,13,14);1,4-6,10H,2H3;2-5,10H,1H3;1-4H;2H2,1H3. The number of aromatic amines is 2. The Labute approximate surface area is 386 Å². The molecule has 0 fully saturated rings. The van der Waals surface area contributed by atoms with Gasteiger partial charge in [-0.1, -0.05) is 12.0 Å². The number of carbonyl (C=O) groups is 2. The molecular weight excluding hydrogens is 893 g/mol. The molecule has 0 unspecified atom stereocenters. The number of aldehydes is 2. The highest BCUT2D eigenvalue weighted by atomic mass is 19.1. The van der Waals surface area contributed by atoms with Gasteiger partial charge in [0.1, 0.15) is 41.2 Å². The van der Waals surface area contributed by atoms with E-state index in [2.05, 4.69) is 63.7 Å². The van der Waals surface area contributed by atoms with Gasteiger partial charge in [-0.05, 0) is 73.8 Å². The third-order valence-corrected chi connectivity index (χ3v) is 8.54. The Morgan fingerprint density at radius 1 is 0.588 bits per heavy atom. The van der Waals surface area contributed by atoms with E-state index in [9.17, 15) is 48.7 Å². The number of benzene rings is 5. The number of anilines is 5. The van der Waals surface area contributed by atoms with E-state index >= 15 is 0 Å². The van der Waals surface area contributed by atoms with Gasteiger partial charge in [0.15, 0.2) is 0 Å². The van der Waals surface area contributed by atoms with Crippen molar-refractivity contribution in [2.24, 2.45) is 5.73 Å². The summed E-state index contributed by atoms with van der Waals surface area (Å²) in [6, 6.07) is 22.1. The van der Waals surface area contributed by atoms with Crippen LogP contribution in [0.3, 0.4) is 0 Å². The lowest BCUT2D eigenvalue weighted by atomic mass is 10.1. The van der Waals surface area contributed by atoms with Crippen LogP contribution in [0.15, 0.2) is 103 Å². The average Bonchev–Trinajstić information content (AvgIpc) is 4.12. The van der Waals surface area contributed by atoms with Crippen LogP contribution in [0, 0.1) is 54.3 Å². The average molecular weight is 938 g/mol. The largest absolute Gasteiger partial charge is 0.397 e. The summed E-state index contributed by atoms with van der Waals surface area (Å²) >= 11 is 0. The number of hydrogen-bond acceptors (Lipinski definition) is 18. The van der Waals surface area contributed by atoms with Crippen LogP contribution in [0.25, 0.3) is 22.5 Å². The summed E-state index contributed by atoms with van der Waals surface area (Å²) in [4.78, 5) is 49.9. The second kappa shape index (κ2) is 28.2. The van der Waals surface area contributed by atoms with Crippen LogP contribution in [0.1, 0.15) is 26.3 Å². The molecule has 23 nitrogen and oxygen atoms in total. The van der Waals surface area contributed by atoms with E-state index in [1.165, 1.54) is 43.4 Å². The number of aromatic nitrogens is 6. The SMILES string of the molecule is C#Cc1ccc([N+](=O)[O-])c(NC)c1.CN.CNc1cc(-c2cn[nH]n2)ccc1N.CNc1cc(-c2cn[nH]n2)ccc1[N+](=O)[O-].CNc1cc(C=O)ccc1F.O=Cc1ccc([N+](=O)[O-])c(F)c1. The number of H-pyrrole nitrogens is 2. The van der Waals surface area contributed by atoms with E-state index in [1.807, 2.05) is 25.2 Å². The fraction of sp³-hybridized carbons (Fsp3) is 0.116. The Bertz CT molecular complexity index is 2810. The fourth-order valence-corrected chi connectivity index (χ4v) is 5.21. The monoisotopic (exact) mass is 937 g/mol. The Kier molecular flexibility index (Phi) is 22.5. The predicted octanol–water partition coefficient (Wildman–Crippen LogP) is 6.94. The normalized spacial score (nSPS) is 9.40. The summed E-state index contributed by atoms with van der Waals surface area (Å²) in [6.07, 6.45) is 9.48. The molecule has 2 aromatic heterocycles. The molecule has 10 N–H and O–H groups in total. The maximum absolute atomic E-state index is 12.7. The van der Waals surface area contributed by atoms with E-state index in [0.29, 0.717) is 46.5 Å². The lowest BCUT2D eigenvalue weighted by Gasteiger charge is -2.05. The first-order chi connectivity index (χ1) is 32.6. The van der Waals surface area contributed by atoms with Crippen molar-refractivity contribution >= 4 is 58.1 Å². The van der Waals surface area contributed by atoms with Crippen LogP contribution in [0.5, 0.6) is 0 Å². The Morgan fingerprint density at radius 3 is 1.47 bits per heavy atom. The number of nitrogens with two attached hydrogens (primary N) is 2. The predicted molar refractivity (Wildman–Crippen MR) is 254 cm³/mol. The summed E-state index contributed by atoms with van der Waals surface area (Å²) in [5, 5.41) is 62.8. The molecule has 7 aromatic rings. The molecule has 25 heteroatoms. The van der Waals surface area contributed by atoms with Gasteiger partial charge in [0.2, 0.25) is 5.82 Å². The highest BCUT2D eigenvalue weighted by Crippen LogP contribution is 2.29. The van der Waals surface area contributed by atoms with Crippen molar-refractivity contribution in [2.45, 2.75) is 0 Å². The molecule has 0 bridgehead atoms. The van der Waals surface area contributed by atoms with Crippen molar-refractivity contribution in [1.29, 1.82) is 0 Å². The number of nitrogen functional groups attached to an aromatic ring is 1. The van der Waals surface area contributed by atoms with Crippen molar-refractivity contribution < 1.29 is 33.1 Å². The highest BCUT2D eigenvalue weighted by molar-refractivity contribution is 5.77. The summed E-state index contributed by atoms with van der Waals surface area (Å²) in [6.45, 7) is 0. The van der Waals surface area contributed by atoms with E-state index in [-0.39, 0.29) is 22.8 Å². The lowest BCUT2D eigenvalue weighted by molar-refractivity contribution is -0.387. The molecule has 0 spiro atoms. The maximum Gasteiger partial charge on any atom is 0.304 e. The molecule has 0 aliphatic heterocycles. The van der Waals surface area contributed by atoms with Crippen LogP contribution < -0.4 is 32.7 Å². The summed E-state index contributed by atoms with van der Waals surface area (Å²) in [7, 11) is 8.18. The van der Waals surface area contributed by atoms with Gasteiger partial charge in [-0.25, -0.2) is 4.39 Å². The quantitative estimate of drug-likeness (QED) is 0.0214. The van der Waals surface area contributed by atoms with E-state index in [1.54, 1.807) is 57.8 Å². The number of rotatable bonds is 11.